The van der Waals surface area contributed by atoms with Crippen molar-refractivity contribution in [1.82, 2.24) is 0 Å². The third kappa shape index (κ3) is 4.68. The Kier molecular flexibility index (Phi) is 5.96. The van der Waals surface area contributed by atoms with Gasteiger partial charge in [-0.15, -0.1) is 0 Å². The highest BCUT2D eigenvalue weighted by molar-refractivity contribution is 5.94. The smallest absolute Gasteiger partial charge is 0.328 e. The number of carbonyl (C=O) groups is 2. The molecule has 2 N–H and O–H groups in total. The Labute approximate surface area is 158 Å². The quantitative estimate of drug-likeness (QED) is 0.605. The van der Waals surface area contributed by atoms with Gasteiger partial charge in [0.15, 0.2) is 5.78 Å². The molecule has 5 heteroatoms. The van der Waals surface area contributed by atoms with Crippen LogP contribution in [0.3, 0.4) is 0 Å². The van der Waals surface area contributed by atoms with Crippen LogP contribution in [0.1, 0.15) is 32.8 Å². The number of rotatable bonds is 5. The number of carboxylic acid groups (broad SMARTS) is 1. The number of carboxylic acids is 1. The third-order valence-corrected chi connectivity index (χ3v) is 4.69. The zero-order valence-corrected chi connectivity index (χ0v) is 15.6. The van der Waals surface area contributed by atoms with Gasteiger partial charge in [-0.3, -0.25) is 4.79 Å². The maximum atomic E-state index is 13.9. The van der Waals surface area contributed by atoms with Crippen LogP contribution in [0.2, 0.25) is 0 Å². The summed E-state index contributed by atoms with van der Waals surface area (Å²) in [5, 5.41) is 20.2. The molecule has 0 bridgehead atoms. The van der Waals surface area contributed by atoms with Gasteiger partial charge in [-0.25, -0.2) is 9.18 Å². The highest BCUT2D eigenvalue weighted by Gasteiger charge is 2.47. The zero-order chi connectivity index (χ0) is 20.2. The minimum Gasteiger partial charge on any atom is -0.478 e. The van der Waals surface area contributed by atoms with E-state index in [-0.39, 0.29) is 12.2 Å². The summed E-state index contributed by atoms with van der Waals surface area (Å²) in [6.45, 7) is 5.12. The largest absolute Gasteiger partial charge is 0.478 e. The van der Waals surface area contributed by atoms with E-state index in [0.29, 0.717) is 16.7 Å². The van der Waals surface area contributed by atoms with Crippen molar-refractivity contribution < 1.29 is 24.2 Å². The lowest BCUT2D eigenvalue weighted by Crippen LogP contribution is -2.48. The first kappa shape index (κ1) is 20.5. The molecule has 142 valence electrons. The van der Waals surface area contributed by atoms with Gasteiger partial charge >= 0.3 is 5.97 Å². The number of benzene rings is 1. The molecule has 1 aromatic rings. The van der Waals surface area contributed by atoms with Gasteiger partial charge < -0.3 is 10.2 Å². The number of hydrogen-bond acceptors (Lipinski definition) is 3. The van der Waals surface area contributed by atoms with E-state index in [2.05, 4.69) is 0 Å². The van der Waals surface area contributed by atoms with Crippen LogP contribution in [0.15, 0.2) is 65.8 Å². The fourth-order valence-electron chi connectivity index (χ4n) is 3.08. The van der Waals surface area contributed by atoms with Crippen molar-refractivity contribution in [1.29, 1.82) is 0 Å². The van der Waals surface area contributed by atoms with Crippen molar-refractivity contribution in [3.05, 3.63) is 77.2 Å². The van der Waals surface area contributed by atoms with E-state index in [4.69, 9.17) is 5.11 Å². The van der Waals surface area contributed by atoms with E-state index in [9.17, 15) is 19.1 Å². The van der Waals surface area contributed by atoms with E-state index < -0.39 is 22.8 Å². The average molecular weight is 370 g/mol. The van der Waals surface area contributed by atoms with Crippen LogP contribution in [0.5, 0.6) is 0 Å². The second kappa shape index (κ2) is 7.84. The predicted molar refractivity (Wildman–Crippen MR) is 102 cm³/mol. The summed E-state index contributed by atoms with van der Waals surface area (Å²) >= 11 is 0. The molecule has 1 aliphatic rings. The molecular weight excluding hydrogens is 347 g/mol. The molecule has 1 aromatic carbocycles. The Hall–Kier alpha value is -2.79. The molecule has 0 unspecified atom stereocenters. The summed E-state index contributed by atoms with van der Waals surface area (Å²) in [6.07, 6.45) is 8.55. The summed E-state index contributed by atoms with van der Waals surface area (Å²) in [6, 6.07) is 6.20. The molecule has 0 fully saturated rings. The standard InChI is InChI=1S/C22H23FO4/c1-15(12-20(25)26)10-11-22(27)17(13-18(24)14-21(22,2)3)9-8-16-6-4-5-7-19(16)23/h4-13,27H,14H2,1-3H3,(H,25,26)/b9-8+,11-10+,15-12-/t22-/m1/s1. The molecule has 0 aliphatic heterocycles. The van der Waals surface area contributed by atoms with E-state index >= 15 is 0 Å². The lowest BCUT2D eigenvalue weighted by atomic mass is 9.64. The third-order valence-electron chi connectivity index (χ3n) is 4.69. The van der Waals surface area contributed by atoms with Gasteiger partial charge in [-0.05, 0) is 36.3 Å². The Morgan fingerprint density at radius 2 is 1.89 bits per heavy atom. The summed E-state index contributed by atoms with van der Waals surface area (Å²) in [5.74, 6) is -1.63. The topological polar surface area (TPSA) is 74.6 Å². The van der Waals surface area contributed by atoms with Crippen molar-refractivity contribution in [2.45, 2.75) is 32.8 Å². The molecule has 1 atom stereocenters. The minimum absolute atomic E-state index is 0.132. The number of hydrogen-bond donors (Lipinski definition) is 2. The maximum absolute atomic E-state index is 13.9. The van der Waals surface area contributed by atoms with Crippen LogP contribution in [0.25, 0.3) is 6.08 Å². The molecule has 0 saturated carbocycles. The molecule has 0 heterocycles. The lowest BCUT2D eigenvalue weighted by Gasteiger charge is -2.44. The van der Waals surface area contributed by atoms with Gasteiger partial charge in [0.1, 0.15) is 11.4 Å². The Bertz CT molecular complexity index is 874. The van der Waals surface area contributed by atoms with E-state index in [1.165, 1.54) is 36.4 Å². The first-order valence-electron chi connectivity index (χ1n) is 8.55. The van der Waals surface area contributed by atoms with Crippen LogP contribution >= 0.6 is 0 Å². The van der Waals surface area contributed by atoms with E-state index in [1.54, 1.807) is 39.0 Å². The maximum Gasteiger partial charge on any atom is 0.328 e. The Morgan fingerprint density at radius 3 is 2.52 bits per heavy atom. The van der Waals surface area contributed by atoms with Gasteiger partial charge in [-0.2, -0.15) is 0 Å². The fourth-order valence-corrected chi connectivity index (χ4v) is 3.08. The highest BCUT2D eigenvalue weighted by atomic mass is 19.1. The normalized spacial score (nSPS) is 23.1. The number of aliphatic hydroxyl groups is 1. The van der Waals surface area contributed by atoms with E-state index in [0.717, 1.165) is 6.08 Å². The second-order valence-electron chi connectivity index (χ2n) is 7.31. The van der Waals surface area contributed by atoms with Crippen molar-refractivity contribution in [2.75, 3.05) is 0 Å². The van der Waals surface area contributed by atoms with E-state index in [1.807, 2.05) is 0 Å². The molecule has 0 aromatic heterocycles. The van der Waals surface area contributed by atoms with Gasteiger partial charge in [0, 0.05) is 23.5 Å². The first-order valence-corrected chi connectivity index (χ1v) is 8.55. The van der Waals surface area contributed by atoms with Crippen molar-refractivity contribution in [3.8, 4) is 0 Å². The van der Waals surface area contributed by atoms with Crippen LogP contribution in [0, 0.1) is 11.2 Å². The van der Waals surface area contributed by atoms with Gasteiger partial charge in [0.25, 0.3) is 0 Å². The minimum atomic E-state index is -1.52. The van der Waals surface area contributed by atoms with Crippen molar-refractivity contribution in [3.63, 3.8) is 0 Å². The first-order chi connectivity index (χ1) is 12.5. The predicted octanol–water partition coefficient (Wildman–Crippen LogP) is 4.08. The molecule has 2 rings (SSSR count). The van der Waals surface area contributed by atoms with Crippen LogP contribution in [0.4, 0.5) is 4.39 Å². The number of carbonyl (C=O) groups excluding carboxylic acids is 1. The van der Waals surface area contributed by atoms with Crippen LogP contribution in [-0.2, 0) is 9.59 Å². The average Bonchev–Trinajstić information content (AvgIpc) is 2.55. The number of aliphatic carboxylic acids is 1. The summed E-state index contributed by atoms with van der Waals surface area (Å²) in [7, 11) is 0. The van der Waals surface area contributed by atoms with Crippen LogP contribution < -0.4 is 0 Å². The lowest BCUT2D eigenvalue weighted by molar-refractivity contribution is -0.131. The summed E-state index contributed by atoms with van der Waals surface area (Å²) in [4.78, 5) is 22.9. The van der Waals surface area contributed by atoms with Gasteiger partial charge in [0.05, 0.1) is 0 Å². The molecular formula is C22H23FO4. The monoisotopic (exact) mass is 370 g/mol. The Balaban J connectivity index is 2.48. The van der Waals surface area contributed by atoms with Gasteiger partial charge in [-0.1, -0.05) is 50.3 Å². The Morgan fingerprint density at radius 1 is 1.22 bits per heavy atom. The summed E-state index contributed by atoms with van der Waals surface area (Å²) in [5.41, 5.74) is -1.24. The van der Waals surface area contributed by atoms with Crippen LogP contribution in [-0.4, -0.2) is 27.6 Å². The SMILES string of the molecule is CC(=C/C(=O)O)/C=C/[C@@]1(O)C(/C=C/c2ccccc2F)=CC(=O)CC1(C)C. The number of ketones is 1. The molecule has 0 saturated heterocycles. The van der Waals surface area contributed by atoms with Crippen molar-refractivity contribution in [2.24, 2.45) is 5.41 Å². The fraction of sp³-hybridized carbons (Fsp3) is 0.273. The second-order valence-corrected chi connectivity index (χ2v) is 7.31. The van der Waals surface area contributed by atoms with Gasteiger partial charge in [0.2, 0.25) is 0 Å². The summed E-state index contributed by atoms with van der Waals surface area (Å²) < 4.78 is 13.9. The highest BCUT2D eigenvalue weighted by Crippen LogP contribution is 2.45. The molecule has 0 spiro atoms. The zero-order valence-electron chi connectivity index (χ0n) is 15.6. The van der Waals surface area contributed by atoms with Crippen molar-refractivity contribution >= 4 is 17.8 Å². The molecule has 27 heavy (non-hydrogen) atoms. The molecule has 0 radical (unpaired) electrons. The number of halogens is 1. The molecule has 1 aliphatic carbocycles. The molecule has 4 nitrogen and oxygen atoms in total. The molecule has 0 amide bonds. The number of allylic oxidation sites excluding steroid dienone is 3.